The van der Waals surface area contributed by atoms with Gasteiger partial charge in [0.25, 0.3) is 0 Å². The molecule has 2 amide bonds. The molecule has 2 aromatic carbocycles. The number of methoxy groups -OCH3 is 2. The average Bonchev–Trinajstić information content (AvgIpc) is 2.70. The largest absolute Gasteiger partial charge is 0.497 e. The van der Waals surface area contributed by atoms with Gasteiger partial charge >= 0.3 is 6.03 Å². The predicted molar refractivity (Wildman–Crippen MR) is 107 cm³/mol. The van der Waals surface area contributed by atoms with Crippen LogP contribution in [0.4, 0.5) is 10.5 Å². The van der Waals surface area contributed by atoms with Crippen LogP contribution in [0.5, 0.6) is 11.5 Å². The SMILES string of the molecule is COc1ccc(OC)c(CN2CCN(C(=O)Nc3ccccc3Cl)CC2)c1. The van der Waals surface area contributed by atoms with E-state index in [1.54, 1.807) is 26.4 Å². The highest BCUT2D eigenvalue weighted by molar-refractivity contribution is 6.33. The molecule has 2 aromatic rings. The molecular weight excluding hydrogens is 366 g/mol. The number of nitrogens with one attached hydrogen (secondary N) is 1. The predicted octanol–water partition coefficient (Wildman–Crippen LogP) is 3.71. The Labute approximate surface area is 164 Å². The number of urea groups is 1. The normalized spacial score (nSPS) is 14.7. The highest BCUT2D eigenvalue weighted by Crippen LogP contribution is 2.26. The molecular formula is C20H24ClN3O3. The molecule has 0 radical (unpaired) electrons. The van der Waals surface area contributed by atoms with Crippen molar-refractivity contribution >= 4 is 23.3 Å². The van der Waals surface area contributed by atoms with E-state index in [1.807, 2.05) is 35.2 Å². The molecule has 6 nitrogen and oxygen atoms in total. The standard InChI is InChI=1S/C20H24ClN3O3/c1-26-16-7-8-19(27-2)15(13-16)14-23-9-11-24(12-10-23)20(25)22-18-6-4-3-5-17(18)21/h3-8,13H,9-12,14H2,1-2H3,(H,22,25). The smallest absolute Gasteiger partial charge is 0.321 e. The highest BCUT2D eigenvalue weighted by Gasteiger charge is 2.22. The number of carbonyl (C=O) groups is 1. The monoisotopic (exact) mass is 389 g/mol. The van der Waals surface area contributed by atoms with Gasteiger partial charge in [0.05, 0.1) is 24.9 Å². The number of nitrogens with zero attached hydrogens (tertiary/aromatic N) is 2. The van der Waals surface area contributed by atoms with E-state index in [-0.39, 0.29) is 6.03 Å². The van der Waals surface area contributed by atoms with Crippen LogP contribution >= 0.6 is 11.6 Å². The van der Waals surface area contributed by atoms with Gasteiger partial charge in [0.15, 0.2) is 0 Å². The Morgan fingerprint density at radius 2 is 1.81 bits per heavy atom. The number of halogens is 1. The number of piperazine rings is 1. The van der Waals surface area contributed by atoms with Crippen LogP contribution in [0, 0.1) is 0 Å². The Hall–Kier alpha value is -2.44. The molecule has 0 bridgehead atoms. The molecule has 1 aliphatic heterocycles. The summed E-state index contributed by atoms with van der Waals surface area (Å²) in [6.45, 7) is 3.64. The van der Waals surface area contributed by atoms with Crippen LogP contribution in [-0.4, -0.2) is 56.2 Å². The van der Waals surface area contributed by atoms with E-state index in [9.17, 15) is 4.79 Å². The van der Waals surface area contributed by atoms with Crippen molar-refractivity contribution in [3.63, 3.8) is 0 Å². The Morgan fingerprint density at radius 1 is 1.07 bits per heavy atom. The second-order valence-electron chi connectivity index (χ2n) is 6.35. The fourth-order valence-electron chi connectivity index (χ4n) is 3.11. The van der Waals surface area contributed by atoms with Gasteiger partial charge in [-0.25, -0.2) is 4.79 Å². The first kappa shape index (κ1) is 19.3. The second kappa shape index (κ2) is 8.97. The van der Waals surface area contributed by atoms with Crippen LogP contribution < -0.4 is 14.8 Å². The van der Waals surface area contributed by atoms with E-state index in [0.717, 1.165) is 36.7 Å². The zero-order valence-corrected chi connectivity index (χ0v) is 16.3. The van der Waals surface area contributed by atoms with E-state index in [1.165, 1.54) is 0 Å². The molecule has 1 fully saturated rings. The first-order chi connectivity index (χ1) is 13.1. The highest BCUT2D eigenvalue weighted by atomic mass is 35.5. The number of hydrogen-bond donors (Lipinski definition) is 1. The van der Waals surface area contributed by atoms with Gasteiger partial charge in [-0.15, -0.1) is 0 Å². The lowest BCUT2D eigenvalue weighted by Gasteiger charge is -2.35. The van der Waals surface area contributed by atoms with Crippen molar-refractivity contribution < 1.29 is 14.3 Å². The van der Waals surface area contributed by atoms with Crippen molar-refractivity contribution in [1.29, 1.82) is 0 Å². The van der Waals surface area contributed by atoms with Crippen molar-refractivity contribution in [1.82, 2.24) is 9.80 Å². The lowest BCUT2D eigenvalue weighted by atomic mass is 10.1. The van der Waals surface area contributed by atoms with E-state index >= 15 is 0 Å². The van der Waals surface area contributed by atoms with Crippen molar-refractivity contribution in [2.75, 3.05) is 45.7 Å². The molecule has 144 valence electrons. The molecule has 1 saturated heterocycles. The summed E-state index contributed by atoms with van der Waals surface area (Å²) in [6, 6.07) is 12.9. The molecule has 1 heterocycles. The van der Waals surface area contributed by atoms with Crippen LogP contribution in [0.3, 0.4) is 0 Å². The number of ether oxygens (including phenoxy) is 2. The van der Waals surface area contributed by atoms with Crippen LogP contribution in [0.25, 0.3) is 0 Å². The number of carbonyl (C=O) groups excluding carboxylic acids is 1. The maximum atomic E-state index is 12.5. The minimum absolute atomic E-state index is 0.123. The number of hydrogen-bond acceptors (Lipinski definition) is 4. The Kier molecular flexibility index (Phi) is 6.42. The molecule has 0 aromatic heterocycles. The zero-order valence-electron chi connectivity index (χ0n) is 15.6. The van der Waals surface area contributed by atoms with Crippen LogP contribution in [0.15, 0.2) is 42.5 Å². The topological polar surface area (TPSA) is 54.0 Å². The van der Waals surface area contributed by atoms with Crippen LogP contribution in [0.1, 0.15) is 5.56 Å². The first-order valence-corrected chi connectivity index (χ1v) is 9.22. The summed E-state index contributed by atoms with van der Waals surface area (Å²) in [7, 11) is 3.32. The number of amides is 2. The van der Waals surface area contributed by atoms with Crippen molar-refractivity contribution in [2.24, 2.45) is 0 Å². The number of benzene rings is 2. The molecule has 27 heavy (non-hydrogen) atoms. The maximum absolute atomic E-state index is 12.5. The van der Waals surface area contributed by atoms with Gasteiger partial charge in [0.2, 0.25) is 0 Å². The summed E-state index contributed by atoms with van der Waals surface area (Å²) in [5, 5.41) is 3.41. The van der Waals surface area contributed by atoms with E-state index in [2.05, 4.69) is 10.2 Å². The molecule has 0 spiro atoms. The molecule has 1 N–H and O–H groups in total. The molecule has 0 saturated carbocycles. The fourth-order valence-corrected chi connectivity index (χ4v) is 3.30. The zero-order chi connectivity index (χ0) is 19.2. The molecule has 3 rings (SSSR count). The fraction of sp³-hybridized carbons (Fsp3) is 0.350. The Bertz CT molecular complexity index is 792. The number of rotatable bonds is 5. The summed E-state index contributed by atoms with van der Waals surface area (Å²) in [5.41, 5.74) is 1.71. The molecule has 0 atom stereocenters. The lowest BCUT2D eigenvalue weighted by Crippen LogP contribution is -2.49. The summed E-state index contributed by atoms with van der Waals surface area (Å²) < 4.78 is 10.8. The number of anilines is 1. The Balaban J connectivity index is 1.56. The molecule has 0 aliphatic carbocycles. The summed E-state index contributed by atoms with van der Waals surface area (Å²) >= 11 is 6.11. The third kappa shape index (κ3) is 4.84. The summed E-state index contributed by atoms with van der Waals surface area (Å²) in [4.78, 5) is 16.6. The van der Waals surface area contributed by atoms with Gasteiger partial charge in [-0.05, 0) is 30.3 Å². The van der Waals surface area contributed by atoms with Crippen LogP contribution in [0.2, 0.25) is 5.02 Å². The van der Waals surface area contributed by atoms with Crippen molar-refractivity contribution in [3.8, 4) is 11.5 Å². The average molecular weight is 390 g/mol. The van der Waals surface area contributed by atoms with Crippen LogP contribution in [-0.2, 0) is 6.54 Å². The van der Waals surface area contributed by atoms with Gasteiger partial charge in [0, 0.05) is 38.3 Å². The van der Waals surface area contributed by atoms with Crippen molar-refractivity contribution in [3.05, 3.63) is 53.1 Å². The van der Waals surface area contributed by atoms with Crippen molar-refractivity contribution in [2.45, 2.75) is 6.54 Å². The first-order valence-electron chi connectivity index (χ1n) is 8.84. The third-order valence-electron chi connectivity index (χ3n) is 4.66. The second-order valence-corrected chi connectivity index (χ2v) is 6.76. The van der Waals surface area contributed by atoms with Gasteiger partial charge in [-0.3, -0.25) is 4.90 Å². The minimum atomic E-state index is -0.123. The van der Waals surface area contributed by atoms with E-state index in [4.69, 9.17) is 21.1 Å². The van der Waals surface area contributed by atoms with E-state index < -0.39 is 0 Å². The van der Waals surface area contributed by atoms with Gasteiger partial charge < -0.3 is 19.7 Å². The minimum Gasteiger partial charge on any atom is -0.497 e. The Morgan fingerprint density at radius 3 is 2.48 bits per heavy atom. The summed E-state index contributed by atoms with van der Waals surface area (Å²) in [5.74, 6) is 1.65. The molecule has 1 aliphatic rings. The number of para-hydroxylation sites is 1. The lowest BCUT2D eigenvalue weighted by molar-refractivity contribution is 0.142. The third-order valence-corrected chi connectivity index (χ3v) is 4.99. The maximum Gasteiger partial charge on any atom is 0.321 e. The van der Waals surface area contributed by atoms with Gasteiger partial charge in [-0.1, -0.05) is 23.7 Å². The van der Waals surface area contributed by atoms with Gasteiger partial charge in [0.1, 0.15) is 11.5 Å². The van der Waals surface area contributed by atoms with Gasteiger partial charge in [-0.2, -0.15) is 0 Å². The summed E-state index contributed by atoms with van der Waals surface area (Å²) in [6.07, 6.45) is 0. The quantitative estimate of drug-likeness (QED) is 0.847. The van der Waals surface area contributed by atoms with E-state index in [0.29, 0.717) is 23.8 Å². The molecule has 7 heteroatoms. The molecule has 0 unspecified atom stereocenters.